The van der Waals surface area contributed by atoms with E-state index in [1.54, 1.807) is 19.1 Å². The number of rotatable bonds is 6. The molecule has 0 fully saturated rings. The molecule has 0 heterocycles. The molecule has 1 atom stereocenters. The molecule has 1 aromatic carbocycles. The van der Waals surface area contributed by atoms with E-state index >= 15 is 0 Å². The summed E-state index contributed by atoms with van der Waals surface area (Å²) in [7, 11) is 0. The maximum Gasteiger partial charge on any atom is 0.335 e. The first-order chi connectivity index (χ1) is 7.63. The van der Waals surface area contributed by atoms with Gasteiger partial charge in [0, 0.05) is 0 Å². The zero-order chi connectivity index (χ0) is 12.0. The normalized spacial score (nSPS) is 11.6. The van der Waals surface area contributed by atoms with E-state index in [9.17, 15) is 9.59 Å². The van der Waals surface area contributed by atoms with Crippen LogP contribution in [0.2, 0.25) is 0 Å². The molecule has 0 radical (unpaired) electrons. The maximum absolute atomic E-state index is 10.6. The fourth-order valence-electron chi connectivity index (χ4n) is 1.08. The van der Waals surface area contributed by atoms with Gasteiger partial charge in [-0.1, -0.05) is 0 Å². The molecule has 86 valence electrons. The van der Waals surface area contributed by atoms with Crippen LogP contribution in [0, 0.1) is 0 Å². The van der Waals surface area contributed by atoms with Crippen LogP contribution < -0.4 is 10.1 Å². The molecule has 1 amide bonds. The molecule has 0 aromatic heterocycles. The average Bonchev–Trinajstić information content (AvgIpc) is 2.27. The molecular weight excluding hydrogens is 210 g/mol. The summed E-state index contributed by atoms with van der Waals surface area (Å²) in [5.74, 6) is -0.396. The Labute approximate surface area is 93.0 Å². The molecule has 5 heteroatoms. The molecule has 0 aliphatic heterocycles. The van der Waals surface area contributed by atoms with Crippen molar-refractivity contribution in [2.24, 2.45) is 0 Å². The van der Waals surface area contributed by atoms with E-state index in [2.05, 4.69) is 5.32 Å². The Hall–Kier alpha value is -2.04. The molecule has 1 unspecified atom stereocenters. The van der Waals surface area contributed by atoms with Crippen molar-refractivity contribution in [3.63, 3.8) is 0 Å². The lowest BCUT2D eigenvalue weighted by Gasteiger charge is -2.11. The van der Waals surface area contributed by atoms with Gasteiger partial charge in [0.05, 0.1) is 11.6 Å². The first-order valence-corrected chi connectivity index (χ1v) is 4.79. The number of hydrogen-bond donors (Lipinski definition) is 2. The van der Waals surface area contributed by atoms with Crippen LogP contribution in [0.3, 0.4) is 0 Å². The Balaban J connectivity index is 2.49. The van der Waals surface area contributed by atoms with Crippen molar-refractivity contribution >= 4 is 12.4 Å². The quantitative estimate of drug-likeness (QED) is 0.702. The topological polar surface area (TPSA) is 75.6 Å². The monoisotopic (exact) mass is 223 g/mol. The lowest BCUT2D eigenvalue weighted by atomic mass is 10.2. The number of carboxylic acid groups (broad SMARTS) is 1. The van der Waals surface area contributed by atoms with Crippen molar-refractivity contribution in [3.05, 3.63) is 29.8 Å². The number of amides is 1. The lowest BCUT2D eigenvalue weighted by molar-refractivity contribution is -0.110. The van der Waals surface area contributed by atoms with Gasteiger partial charge in [-0.3, -0.25) is 4.79 Å². The fraction of sp³-hybridized carbons (Fsp3) is 0.273. The largest absolute Gasteiger partial charge is 0.491 e. The molecular formula is C11H13NO4. The second-order valence-corrected chi connectivity index (χ2v) is 3.33. The van der Waals surface area contributed by atoms with Gasteiger partial charge in [0.25, 0.3) is 0 Å². The van der Waals surface area contributed by atoms with Gasteiger partial charge < -0.3 is 15.2 Å². The van der Waals surface area contributed by atoms with Gasteiger partial charge >= 0.3 is 5.97 Å². The molecule has 2 N–H and O–H groups in total. The number of carboxylic acids is 1. The van der Waals surface area contributed by atoms with E-state index in [1.165, 1.54) is 12.1 Å². The fourth-order valence-corrected chi connectivity index (χ4v) is 1.08. The van der Waals surface area contributed by atoms with Crippen molar-refractivity contribution in [2.45, 2.75) is 13.0 Å². The van der Waals surface area contributed by atoms with Crippen LogP contribution in [0.4, 0.5) is 0 Å². The number of benzene rings is 1. The smallest absolute Gasteiger partial charge is 0.335 e. The summed E-state index contributed by atoms with van der Waals surface area (Å²) in [4.78, 5) is 20.7. The number of hydrogen-bond acceptors (Lipinski definition) is 3. The van der Waals surface area contributed by atoms with Gasteiger partial charge in [0.1, 0.15) is 12.4 Å². The molecule has 0 saturated heterocycles. The summed E-state index contributed by atoms with van der Waals surface area (Å²) in [6.45, 7) is 2.14. The van der Waals surface area contributed by atoms with Gasteiger partial charge in [-0.15, -0.1) is 0 Å². The van der Waals surface area contributed by atoms with Gasteiger partial charge in [0.15, 0.2) is 0 Å². The summed E-state index contributed by atoms with van der Waals surface area (Å²) in [5.41, 5.74) is 0.214. The third-order valence-electron chi connectivity index (χ3n) is 1.95. The highest BCUT2D eigenvalue weighted by Crippen LogP contribution is 2.12. The first-order valence-electron chi connectivity index (χ1n) is 4.79. The molecule has 0 aliphatic carbocycles. The Morgan fingerprint density at radius 1 is 1.50 bits per heavy atom. The van der Waals surface area contributed by atoms with E-state index in [1.807, 2.05) is 0 Å². The summed E-state index contributed by atoms with van der Waals surface area (Å²) < 4.78 is 5.34. The number of carbonyl (C=O) groups excluding carboxylic acids is 1. The number of ether oxygens (including phenoxy) is 1. The summed E-state index contributed by atoms with van der Waals surface area (Å²) in [6.07, 6.45) is 0.613. The lowest BCUT2D eigenvalue weighted by Crippen LogP contribution is -2.30. The Bertz CT molecular complexity index is 361. The summed E-state index contributed by atoms with van der Waals surface area (Å²) >= 11 is 0. The highest BCUT2D eigenvalue weighted by Gasteiger charge is 2.03. The van der Waals surface area contributed by atoms with Crippen LogP contribution in [-0.2, 0) is 4.79 Å². The molecule has 0 bridgehead atoms. The van der Waals surface area contributed by atoms with Crippen LogP contribution >= 0.6 is 0 Å². The van der Waals surface area contributed by atoms with Gasteiger partial charge in [-0.05, 0) is 31.2 Å². The Kier molecular flexibility index (Phi) is 4.32. The van der Waals surface area contributed by atoms with E-state index in [0.717, 1.165) is 0 Å². The molecule has 0 saturated carbocycles. The second-order valence-electron chi connectivity index (χ2n) is 3.33. The summed E-state index contributed by atoms with van der Waals surface area (Å²) in [6, 6.07) is 6.01. The van der Waals surface area contributed by atoms with Crippen LogP contribution in [0.15, 0.2) is 24.3 Å². The third-order valence-corrected chi connectivity index (χ3v) is 1.95. The molecule has 0 aliphatic rings. The number of aromatic carboxylic acids is 1. The molecule has 0 spiro atoms. The zero-order valence-electron chi connectivity index (χ0n) is 8.84. The first kappa shape index (κ1) is 12.0. The minimum Gasteiger partial charge on any atom is -0.491 e. The van der Waals surface area contributed by atoms with Crippen molar-refractivity contribution in [2.75, 3.05) is 6.61 Å². The van der Waals surface area contributed by atoms with Crippen LogP contribution in [0.5, 0.6) is 5.75 Å². The van der Waals surface area contributed by atoms with Gasteiger partial charge in [-0.25, -0.2) is 4.79 Å². The number of carbonyl (C=O) groups is 2. The average molecular weight is 223 g/mol. The van der Waals surface area contributed by atoms with Gasteiger partial charge in [-0.2, -0.15) is 0 Å². The zero-order valence-corrected chi connectivity index (χ0v) is 8.84. The van der Waals surface area contributed by atoms with Crippen molar-refractivity contribution in [1.29, 1.82) is 0 Å². The number of nitrogens with one attached hydrogen (secondary N) is 1. The van der Waals surface area contributed by atoms with Gasteiger partial charge in [0.2, 0.25) is 6.41 Å². The Morgan fingerprint density at radius 3 is 2.62 bits per heavy atom. The maximum atomic E-state index is 10.6. The second kappa shape index (κ2) is 5.75. The summed E-state index contributed by atoms with van der Waals surface area (Å²) in [5, 5.41) is 11.2. The van der Waals surface area contributed by atoms with E-state index < -0.39 is 5.97 Å². The van der Waals surface area contributed by atoms with Crippen molar-refractivity contribution in [3.8, 4) is 5.75 Å². The highest BCUT2D eigenvalue weighted by atomic mass is 16.5. The minimum atomic E-state index is -0.970. The van der Waals surface area contributed by atoms with Crippen LogP contribution in [0.25, 0.3) is 0 Å². The Morgan fingerprint density at radius 2 is 2.12 bits per heavy atom. The van der Waals surface area contributed by atoms with E-state index in [-0.39, 0.29) is 11.6 Å². The van der Waals surface area contributed by atoms with E-state index in [0.29, 0.717) is 18.8 Å². The molecule has 5 nitrogen and oxygen atoms in total. The predicted molar refractivity (Wildman–Crippen MR) is 57.6 cm³/mol. The van der Waals surface area contributed by atoms with E-state index in [4.69, 9.17) is 9.84 Å². The third kappa shape index (κ3) is 3.61. The predicted octanol–water partition coefficient (Wildman–Crippen LogP) is 0.898. The highest BCUT2D eigenvalue weighted by molar-refractivity contribution is 5.87. The van der Waals surface area contributed by atoms with Crippen molar-refractivity contribution in [1.82, 2.24) is 5.32 Å². The van der Waals surface area contributed by atoms with Crippen LogP contribution in [0.1, 0.15) is 17.3 Å². The molecule has 1 aromatic rings. The van der Waals surface area contributed by atoms with Crippen LogP contribution in [-0.4, -0.2) is 30.1 Å². The molecule has 1 rings (SSSR count). The minimum absolute atomic E-state index is 0.0864. The SMILES string of the molecule is CC(COc1ccc(C(=O)O)cc1)NC=O. The standard InChI is InChI=1S/C11H13NO4/c1-8(12-7-13)6-16-10-4-2-9(3-5-10)11(14)15/h2-5,7-8H,6H2,1H3,(H,12,13)(H,14,15). The van der Waals surface area contributed by atoms with Crippen molar-refractivity contribution < 1.29 is 19.4 Å². The molecule has 16 heavy (non-hydrogen) atoms.